The molecule has 0 bridgehead atoms. The minimum atomic E-state index is -1.40. The maximum Gasteiger partial charge on any atom is 0.407 e. The third-order valence-corrected chi connectivity index (χ3v) is 9.12. The molecule has 0 aliphatic heterocycles. The van der Waals surface area contributed by atoms with Gasteiger partial charge >= 0.3 is 24.0 Å². The summed E-state index contributed by atoms with van der Waals surface area (Å²) in [6.45, 7) is 10.5. The Balaban J connectivity index is 1.62. The van der Waals surface area contributed by atoms with Gasteiger partial charge in [0, 0.05) is 26.8 Å². The largest absolute Gasteiger partial charge is 0.481 e. The van der Waals surface area contributed by atoms with E-state index in [1.54, 1.807) is 26.0 Å². The molecule has 2 aromatic carbocycles. The molecule has 1 unspecified atom stereocenters. The first-order chi connectivity index (χ1) is 20.9. The van der Waals surface area contributed by atoms with Gasteiger partial charge in [-0.25, -0.2) is 9.59 Å². The fourth-order valence-corrected chi connectivity index (χ4v) is 5.68. The zero-order valence-corrected chi connectivity index (χ0v) is 27.3. The molecular weight excluding hydrogens is 578 g/mol. The maximum absolute atomic E-state index is 13.3. The summed E-state index contributed by atoms with van der Waals surface area (Å²) in [5.41, 5.74) is 4.39. The van der Waals surface area contributed by atoms with Gasteiger partial charge in [-0.15, -0.1) is 0 Å². The first kappa shape index (κ1) is 34.6. The number of fused-ring (bicyclic) bond motifs is 3. The quantitative estimate of drug-likeness (QED) is 0.0933. The lowest BCUT2D eigenvalue weighted by molar-refractivity contribution is -0.157. The van der Waals surface area contributed by atoms with Crippen molar-refractivity contribution >= 4 is 32.1 Å². The van der Waals surface area contributed by atoms with Crippen molar-refractivity contribution in [3.05, 3.63) is 71.8 Å². The van der Waals surface area contributed by atoms with Crippen LogP contribution < -0.4 is 5.32 Å². The minimum absolute atomic E-state index is 0.0286. The Bertz CT molecular complexity index is 1290. The van der Waals surface area contributed by atoms with Crippen LogP contribution in [0.15, 0.2) is 60.7 Å². The van der Waals surface area contributed by atoms with Crippen molar-refractivity contribution in [2.75, 3.05) is 13.2 Å². The number of hydrogen-bond acceptors (Lipinski definition) is 7. The topological polar surface area (TPSA) is 128 Å². The first-order valence-electron chi connectivity index (χ1n) is 15.2. The van der Waals surface area contributed by atoms with E-state index in [9.17, 15) is 19.2 Å². The molecule has 2 N–H and O–H groups in total. The number of rotatable bonds is 16. The highest BCUT2D eigenvalue weighted by Gasteiger charge is 2.32. The molecule has 44 heavy (non-hydrogen) atoms. The summed E-state index contributed by atoms with van der Waals surface area (Å²) < 4.78 is 16.8. The van der Waals surface area contributed by atoms with E-state index in [0.717, 1.165) is 28.3 Å². The summed E-state index contributed by atoms with van der Waals surface area (Å²) in [4.78, 5) is 49.6. The SMILES string of the molecule is CC(C)[C@H](NC(=O)OCC1c2ccccc2-c2ccccc21)C(=O)OC(CC=CCCC(=O)O)CC(=O)OCC[Si](C)(C)C. The van der Waals surface area contributed by atoms with Gasteiger partial charge in [0.1, 0.15) is 18.8 Å². The Kier molecular flexibility index (Phi) is 12.8. The van der Waals surface area contributed by atoms with E-state index < -0.39 is 44.2 Å². The zero-order valence-electron chi connectivity index (χ0n) is 26.3. The molecule has 1 amide bonds. The molecule has 0 fully saturated rings. The summed E-state index contributed by atoms with van der Waals surface area (Å²) in [5.74, 6) is -2.53. The van der Waals surface area contributed by atoms with Gasteiger partial charge in [0.2, 0.25) is 0 Å². The third-order valence-electron chi connectivity index (χ3n) is 7.42. The molecule has 9 nitrogen and oxygen atoms in total. The van der Waals surface area contributed by atoms with Crippen molar-refractivity contribution in [1.82, 2.24) is 5.32 Å². The number of aliphatic carboxylic acids is 1. The van der Waals surface area contributed by atoms with Gasteiger partial charge in [0.15, 0.2) is 0 Å². The molecule has 0 aromatic heterocycles. The van der Waals surface area contributed by atoms with Crippen molar-refractivity contribution < 1.29 is 38.5 Å². The number of nitrogens with one attached hydrogen (secondary N) is 1. The Labute approximate surface area is 261 Å². The van der Waals surface area contributed by atoms with Crippen molar-refractivity contribution in [2.24, 2.45) is 5.92 Å². The van der Waals surface area contributed by atoms with Crippen LogP contribution in [-0.4, -0.2) is 62.5 Å². The average Bonchev–Trinajstić information content (AvgIpc) is 3.27. The van der Waals surface area contributed by atoms with Gasteiger partial charge in [-0.1, -0.05) is 94.2 Å². The molecule has 0 saturated carbocycles. The van der Waals surface area contributed by atoms with Crippen LogP contribution in [0.3, 0.4) is 0 Å². The van der Waals surface area contributed by atoms with Crippen LogP contribution in [-0.2, 0) is 28.6 Å². The van der Waals surface area contributed by atoms with E-state index in [1.807, 2.05) is 36.4 Å². The third kappa shape index (κ3) is 10.7. The summed E-state index contributed by atoms with van der Waals surface area (Å²) in [6, 6.07) is 15.9. The van der Waals surface area contributed by atoms with E-state index in [-0.39, 0.29) is 37.7 Å². The van der Waals surface area contributed by atoms with Crippen LogP contribution in [0.2, 0.25) is 25.7 Å². The lowest BCUT2D eigenvalue weighted by atomic mass is 9.98. The maximum atomic E-state index is 13.3. The number of hydrogen-bond donors (Lipinski definition) is 2. The normalized spacial score (nSPS) is 14.0. The predicted molar refractivity (Wildman–Crippen MR) is 171 cm³/mol. The Morgan fingerprint density at radius 2 is 1.55 bits per heavy atom. The number of allylic oxidation sites excluding steroid dienone is 1. The monoisotopic (exact) mass is 623 g/mol. The Morgan fingerprint density at radius 1 is 0.932 bits per heavy atom. The van der Waals surface area contributed by atoms with Gasteiger partial charge in [-0.05, 0) is 40.6 Å². The smallest absolute Gasteiger partial charge is 0.407 e. The molecule has 3 rings (SSSR count). The molecule has 0 heterocycles. The second-order valence-electron chi connectivity index (χ2n) is 12.6. The average molecular weight is 624 g/mol. The van der Waals surface area contributed by atoms with Crippen LogP contribution in [0.5, 0.6) is 0 Å². The molecule has 1 aliphatic rings. The molecule has 0 radical (unpaired) electrons. The molecule has 2 atom stereocenters. The van der Waals surface area contributed by atoms with Gasteiger partial charge < -0.3 is 24.6 Å². The van der Waals surface area contributed by atoms with Crippen LogP contribution in [0.1, 0.15) is 56.6 Å². The van der Waals surface area contributed by atoms with E-state index in [4.69, 9.17) is 19.3 Å². The lowest BCUT2D eigenvalue weighted by Gasteiger charge is -2.24. The van der Waals surface area contributed by atoms with Crippen molar-refractivity contribution in [2.45, 2.75) is 83.3 Å². The van der Waals surface area contributed by atoms with Crippen molar-refractivity contribution in [3.63, 3.8) is 0 Å². The summed E-state index contributed by atoms with van der Waals surface area (Å²) in [7, 11) is -1.40. The molecule has 10 heteroatoms. The van der Waals surface area contributed by atoms with Crippen LogP contribution >= 0.6 is 0 Å². The standard InChI is InChI=1S/C34H45NO8Si/c1-23(2)32(35-34(40)42-22-29-27-16-11-9-14-25(27)26-15-10-12-17-28(26)29)33(39)43-24(13-7-6-8-18-30(36)37)21-31(38)41-19-20-44(3,4)5/h6-7,9-12,14-17,23-24,29,32H,8,13,18-22H2,1-5H3,(H,35,40)(H,36,37)/t24?,32-/m0/s1. The second-order valence-corrected chi connectivity index (χ2v) is 18.2. The van der Waals surface area contributed by atoms with Crippen LogP contribution in [0.25, 0.3) is 11.1 Å². The van der Waals surface area contributed by atoms with E-state index in [2.05, 4.69) is 37.1 Å². The van der Waals surface area contributed by atoms with E-state index in [0.29, 0.717) is 13.0 Å². The van der Waals surface area contributed by atoms with Crippen molar-refractivity contribution in [1.29, 1.82) is 0 Å². The van der Waals surface area contributed by atoms with Gasteiger partial charge in [0.05, 0.1) is 13.0 Å². The van der Waals surface area contributed by atoms with Gasteiger partial charge in [0.25, 0.3) is 0 Å². The number of carbonyl (C=O) groups excluding carboxylic acids is 3. The summed E-state index contributed by atoms with van der Waals surface area (Å²) in [5, 5.41) is 11.5. The zero-order chi connectivity index (χ0) is 32.3. The Hall–Kier alpha value is -3.92. The molecule has 2 aromatic rings. The second kappa shape index (κ2) is 16.2. The van der Waals surface area contributed by atoms with Gasteiger partial charge in [-0.3, -0.25) is 9.59 Å². The number of benzene rings is 2. The summed E-state index contributed by atoms with van der Waals surface area (Å²) >= 11 is 0. The molecule has 238 valence electrons. The Morgan fingerprint density at radius 3 is 2.11 bits per heavy atom. The fraction of sp³-hybridized carbons (Fsp3) is 0.471. The molecule has 0 spiro atoms. The number of carboxylic acids is 1. The van der Waals surface area contributed by atoms with Crippen molar-refractivity contribution in [3.8, 4) is 11.1 Å². The first-order valence-corrected chi connectivity index (χ1v) is 18.9. The predicted octanol–water partition coefficient (Wildman–Crippen LogP) is 6.54. The summed E-state index contributed by atoms with van der Waals surface area (Å²) in [6.07, 6.45) is 2.13. The van der Waals surface area contributed by atoms with E-state index >= 15 is 0 Å². The number of ether oxygens (including phenoxy) is 3. The number of carbonyl (C=O) groups is 4. The van der Waals surface area contributed by atoms with E-state index in [1.165, 1.54) is 0 Å². The number of carboxylic acid groups (broad SMARTS) is 1. The minimum Gasteiger partial charge on any atom is -0.481 e. The highest BCUT2D eigenvalue weighted by Crippen LogP contribution is 2.44. The highest BCUT2D eigenvalue weighted by molar-refractivity contribution is 6.76. The van der Waals surface area contributed by atoms with Crippen LogP contribution in [0, 0.1) is 5.92 Å². The number of alkyl carbamates (subject to hydrolysis) is 1. The lowest BCUT2D eigenvalue weighted by Crippen LogP contribution is -2.46. The number of esters is 2. The molecule has 1 aliphatic carbocycles. The number of amides is 1. The molecular formula is C34H45NO8Si. The molecule has 0 saturated heterocycles. The van der Waals surface area contributed by atoms with Crippen LogP contribution in [0.4, 0.5) is 4.79 Å². The highest BCUT2D eigenvalue weighted by atomic mass is 28.3. The fourth-order valence-electron chi connectivity index (χ4n) is 4.96. The van der Waals surface area contributed by atoms with Gasteiger partial charge in [-0.2, -0.15) is 0 Å².